The topological polar surface area (TPSA) is 66.4 Å². The Hall–Kier alpha value is -0.710. The summed E-state index contributed by atoms with van der Waals surface area (Å²) in [6.07, 6.45) is 7.66. The van der Waals surface area contributed by atoms with Crippen molar-refractivity contribution in [2.24, 2.45) is 17.8 Å². The van der Waals surface area contributed by atoms with Gasteiger partial charge in [0.1, 0.15) is 0 Å². The molecule has 2 N–H and O–H groups in total. The fourth-order valence-corrected chi connectivity index (χ4v) is 4.43. The van der Waals surface area contributed by atoms with Crippen molar-refractivity contribution in [2.45, 2.75) is 56.7 Å². The van der Waals surface area contributed by atoms with E-state index in [0.29, 0.717) is 17.6 Å². The summed E-state index contributed by atoms with van der Waals surface area (Å²) >= 11 is 1.86. The second kappa shape index (κ2) is 6.83. The summed E-state index contributed by atoms with van der Waals surface area (Å²) in [4.78, 5) is 23.7. The Morgan fingerprint density at radius 1 is 1.20 bits per heavy atom. The molecule has 2 fully saturated rings. The summed E-state index contributed by atoms with van der Waals surface area (Å²) in [6.45, 7) is 2.07. The van der Waals surface area contributed by atoms with E-state index >= 15 is 0 Å². The summed E-state index contributed by atoms with van der Waals surface area (Å²) in [5, 5.41) is 13.0. The first-order valence-corrected chi connectivity index (χ1v) is 8.89. The van der Waals surface area contributed by atoms with Gasteiger partial charge in [-0.3, -0.25) is 9.59 Å². The third-order valence-electron chi connectivity index (χ3n) is 4.96. The van der Waals surface area contributed by atoms with Crippen molar-refractivity contribution >= 4 is 23.6 Å². The molecule has 0 aliphatic heterocycles. The second-order valence-electron chi connectivity index (χ2n) is 6.17. The molecule has 0 aromatic heterocycles. The van der Waals surface area contributed by atoms with Crippen molar-refractivity contribution < 1.29 is 14.7 Å². The molecule has 5 atom stereocenters. The van der Waals surface area contributed by atoms with Gasteiger partial charge in [0.05, 0.1) is 11.8 Å². The number of carboxylic acids is 1. The van der Waals surface area contributed by atoms with Gasteiger partial charge in [0, 0.05) is 11.3 Å². The summed E-state index contributed by atoms with van der Waals surface area (Å²) in [5.74, 6) is -1.27. The van der Waals surface area contributed by atoms with E-state index in [1.165, 1.54) is 0 Å². The summed E-state index contributed by atoms with van der Waals surface area (Å²) < 4.78 is 0. The minimum atomic E-state index is -0.811. The molecule has 1 amide bonds. The zero-order chi connectivity index (χ0) is 14.7. The Morgan fingerprint density at radius 3 is 2.45 bits per heavy atom. The van der Waals surface area contributed by atoms with E-state index in [1.807, 2.05) is 11.8 Å². The number of rotatable bonds is 5. The van der Waals surface area contributed by atoms with Crippen molar-refractivity contribution in [3.63, 3.8) is 0 Å². The predicted octanol–water partition coefficient (Wildman–Crippen LogP) is 2.52. The Labute approximate surface area is 125 Å². The van der Waals surface area contributed by atoms with Gasteiger partial charge in [0.2, 0.25) is 5.91 Å². The lowest BCUT2D eigenvalue weighted by Gasteiger charge is -2.19. The molecule has 0 saturated heterocycles. The Bertz CT molecular complexity index is 374. The van der Waals surface area contributed by atoms with E-state index in [9.17, 15) is 14.7 Å². The predicted molar refractivity (Wildman–Crippen MR) is 80.7 cm³/mol. The number of hydrogen-bond donors (Lipinski definition) is 2. The normalized spacial score (nSPS) is 37.0. The summed E-state index contributed by atoms with van der Waals surface area (Å²) in [7, 11) is 0. The minimum Gasteiger partial charge on any atom is -0.481 e. The van der Waals surface area contributed by atoms with Crippen molar-refractivity contribution in [1.82, 2.24) is 5.32 Å². The lowest BCUT2D eigenvalue weighted by atomic mass is 9.95. The van der Waals surface area contributed by atoms with Crippen LogP contribution in [0.25, 0.3) is 0 Å². The fraction of sp³-hybridized carbons (Fsp3) is 0.867. The van der Waals surface area contributed by atoms with Crippen LogP contribution < -0.4 is 5.32 Å². The van der Waals surface area contributed by atoms with Crippen LogP contribution >= 0.6 is 11.8 Å². The highest BCUT2D eigenvalue weighted by atomic mass is 32.2. The first kappa shape index (κ1) is 15.7. The van der Waals surface area contributed by atoms with Crippen molar-refractivity contribution in [3.05, 3.63) is 0 Å². The third kappa shape index (κ3) is 3.48. The SMILES string of the molecule is CCC1CC(C(=O)O)C(C(=O)NC2CCC(SC)C2)C1. The molecule has 0 spiro atoms. The van der Waals surface area contributed by atoms with Crippen molar-refractivity contribution in [1.29, 1.82) is 0 Å². The van der Waals surface area contributed by atoms with Crippen LogP contribution in [0.15, 0.2) is 0 Å². The number of amides is 1. The molecule has 4 nitrogen and oxygen atoms in total. The van der Waals surface area contributed by atoms with E-state index in [4.69, 9.17) is 0 Å². The third-order valence-corrected chi connectivity index (χ3v) is 6.05. The van der Waals surface area contributed by atoms with Gasteiger partial charge in [-0.1, -0.05) is 13.3 Å². The number of hydrogen-bond acceptors (Lipinski definition) is 3. The van der Waals surface area contributed by atoms with Gasteiger partial charge in [0.15, 0.2) is 0 Å². The maximum atomic E-state index is 12.4. The largest absolute Gasteiger partial charge is 0.481 e. The minimum absolute atomic E-state index is 0.0277. The van der Waals surface area contributed by atoms with E-state index in [-0.39, 0.29) is 17.9 Å². The molecule has 5 heteroatoms. The molecule has 0 aromatic rings. The lowest BCUT2D eigenvalue weighted by Crippen LogP contribution is -2.40. The average molecular weight is 299 g/mol. The molecule has 2 saturated carbocycles. The van der Waals surface area contributed by atoms with E-state index in [2.05, 4.69) is 18.5 Å². The lowest BCUT2D eigenvalue weighted by molar-refractivity contribution is -0.146. The van der Waals surface area contributed by atoms with Gasteiger partial charge in [-0.2, -0.15) is 11.8 Å². The maximum Gasteiger partial charge on any atom is 0.307 e. The van der Waals surface area contributed by atoms with Crippen molar-refractivity contribution in [2.75, 3.05) is 6.26 Å². The fourth-order valence-electron chi connectivity index (χ4n) is 3.63. The van der Waals surface area contributed by atoms with Crippen LogP contribution in [0.2, 0.25) is 0 Å². The number of nitrogens with one attached hydrogen (secondary N) is 1. The highest BCUT2D eigenvalue weighted by Gasteiger charge is 2.42. The molecular weight excluding hydrogens is 274 g/mol. The molecule has 2 rings (SSSR count). The first-order chi connectivity index (χ1) is 9.55. The number of carbonyl (C=O) groups excluding carboxylic acids is 1. The molecule has 2 aliphatic carbocycles. The van der Waals surface area contributed by atoms with Crippen LogP contribution in [-0.4, -0.2) is 34.5 Å². The number of aliphatic carboxylic acids is 1. The van der Waals surface area contributed by atoms with E-state index < -0.39 is 11.9 Å². The van der Waals surface area contributed by atoms with Crippen LogP contribution in [0.4, 0.5) is 0 Å². The molecule has 2 aliphatic rings. The molecular formula is C15H25NO3S. The number of carboxylic acid groups (broad SMARTS) is 1. The highest BCUT2D eigenvalue weighted by Crippen LogP contribution is 2.39. The molecule has 20 heavy (non-hydrogen) atoms. The Balaban J connectivity index is 1.92. The molecule has 114 valence electrons. The van der Waals surface area contributed by atoms with Gasteiger partial charge < -0.3 is 10.4 Å². The van der Waals surface area contributed by atoms with Crippen LogP contribution in [0, 0.1) is 17.8 Å². The van der Waals surface area contributed by atoms with Gasteiger partial charge in [-0.25, -0.2) is 0 Å². The van der Waals surface area contributed by atoms with E-state index in [1.54, 1.807) is 0 Å². The van der Waals surface area contributed by atoms with Crippen LogP contribution in [0.1, 0.15) is 45.4 Å². The maximum absolute atomic E-state index is 12.4. The quantitative estimate of drug-likeness (QED) is 0.818. The molecule has 0 bridgehead atoms. The molecule has 0 aromatic carbocycles. The van der Waals surface area contributed by atoms with Gasteiger partial charge in [-0.15, -0.1) is 0 Å². The van der Waals surface area contributed by atoms with E-state index in [0.717, 1.165) is 32.1 Å². The monoisotopic (exact) mass is 299 g/mol. The standard InChI is InChI=1S/C15H25NO3S/c1-3-9-6-12(13(7-9)15(18)19)14(17)16-10-4-5-11(8-10)20-2/h9-13H,3-8H2,1-2H3,(H,16,17)(H,18,19). The van der Waals surface area contributed by atoms with Crippen LogP contribution in [0.3, 0.4) is 0 Å². The molecule has 0 radical (unpaired) electrons. The number of thioether (sulfide) groups is 1. The van der Waals surface area contributed by atoms with Gasteiger partial charge in [-0.05, 0) is 44.3 Å². The van der Waals surface area contributed by atoms with Gasteiger partial charge >= 0.3 is 5.97 Å². The molecule has 0 heterocycles. The summed E-state index contributed by atoms with van der Waals surface area (Å²) in [6, 6.07) is 0.245. The average Bonchev–Trinajstić information content (AvgIpc) is 3.04. The second-order valence-corrected chi connectivity index (χ2v) is 7.31. The Morgan fingerprint density at radius 2 is 1.90 bits per heavy atom. The molecule has 5 unspecified atom stereocenters. The first-order valence-electron chi connectivity index (χ1n) is 7.61. The zero-order valence-electron chi connectivity index (χ0n) is 12.3. The Kier molecular flexibility index (Phi) is 5.35. The van der Waals surface area contributed by atoms with Gasteiger partial charge in [0.25, 0.3) is 0 Å². The van der Waals surface area contributed by atoms with Crippen molar-refractivity contribution in [3.8, 4) is 0 Å². The van der Waals surface area contributed by atoms with Crippen LogP contribution in [-0.2, 0) is 9.59 Å². The summed E-state index contributed by atoms with van der Waals surface area (Å²) in [5.41, 5.74) is 0. The van der Waals surface area contributed by atoms with Crippen LogP contribution in [0.5, 0.6) is 0 Å². The number of carbonyl (C=O) groups is 2. The highest BCUT2D eigenvalue weighted by molar-refractivity contribution is 7.99. The zero-order valence-corrected chi connectivity index (χ0v) is 13.1. The smallest absolute Gasteiger partial charge is 0.307 e.